The molecule has 0 bridgehead atoms. The van der Waals surface area contributed by atoms with Gasteiger partial charge in [0.15, 0.2) is 0 Å². The number of carbonyl (C=O) groups excluding carboxylic acids is 1. The van der Waals surface area contributed by atoms with Crippen molar-refractivity contribution in [3.05, 3.63) is 42.5 Å². The summed E-state index contributed by atoms with van der Waals surface area (Å²) < 4.78 is 0. The Morgan fingerprint density at radius 3 is 2.74 bits per heavy atom. The van der Waals surface area contributed by atoms with Crippen molar-refractivity contribution in [2.75, 3.05) is 43.4 Å². The Morgan fingerprint density at radius 2 is 2.06 bits per heavy atom. The summed E-state index contributed by atoms with van der Waals surface area (Å²) in [6.45, 7) is 8.86. The van der Waals surface area contributed by atoms with Gasteiger partial charge >= 0.3 is 5.97 Å². The van der Waals surface area contributed by atoms with E-state index in [2.05, 4.69) is 38.3 Å². The molecular weight excluding hydrogens is 392 g/mol. The van der Waals surface area contributed by atoms with Crippen LogP contribution in [0.2, 0.25) is 0 Å². The second-order valence-electron chi connectivity index (χ2n) is 9.18. The van der Waals surface area contributed by atoms with Gasteiger partial charge in [0.25, 0.3) is 0 Å². The normalized spacial score (nSPS) is 15.5. The summed E-state index contributed by atoms with van der Waals surface area (Å²) in [5, 5.41) is 5.17. The lowest BCUT2D eigenvalue weighted by Crippen LogP contribution is -2.41. The van der Waals surface area contributed by atoms with Gasteiger partial charge in [0, 0.05) is 51.7 Å². The van der Waals surface area contributed by atoms with Crippen molar-refractivity contribution in [1.29, 1.82) is 0 Å². The average Bonchev–Trinajstić information content (AvgIpc) is 2.75. The largest absolute Gasteiger partial charge is 0.370 e. The minimum Gasteiger partial charge on any atom is -0.370 e. The van der Waals surface area contributed by atoms with Gasteiger partial charge in [-0.05, 0) is 57.6 Å². The maximum atomic E-state index is 12.1. The first-order chi connectivity index (χ1) is 14.8. The number of carbonyl (C=O) groups is 1. The van der Waals surface area contributed by atoms with Crippen LogP contribution in [0.5, 0.6) is 0 Å². The monoisotopic (exact) mass is 426 g/mol. The van der Waals surface area contributed by atoms with Gasteiger partial charge in [0.05, 0.1) is 5.41 Å². The Kier molecular flexibility index (Phi) is 7.79. The summed E-state index contributed by atoms with van der Waals surface area (Å²) in [6, 6.07) is 6.01. The molecule has 1 aliphatic rings. The number of aromatic nitrogens is 3. The molecule has 8 heteroatoms. The molecule has 8 nitrogen and oxygen atoms in total. The number of pyridine rings is 1. The first-order valence-corrected chi connectivity index (χ1v) is 10.9. The van der Waals surface area contributed by atoms with E-state index in [4.69, 9.17) is 4.84 Å². The molecular formula is C23H34N6O2. The van der Waals surface area contributed by atoms with E-state index in [0.717, 1.165) is 57.1 Å². The highest BCUT2D eigenvalue weighted by Crippen LogP contribution is 2.23. The third-order valence-corrected chi connectivity index (χ3v) is 5.42. The van der Waals surface area contributed by atoms with Crippen LogP contribution in [0.25, 0.3) is 0 Å². The van der Waals surface area contributed by atoms with Crippen LogP contribution in [0.3, 0.4) is 0 Å². The first-order valence-electron chi connectivity index (χ1n) is 10.9. The SMILES string of the molecule is CN(CC1CCN(OC(=O)C(C)(C)C)CC1)c1cc(NCCc2cccnc2)ncn1. The van der Waals surface area contributed by atoms with Crippen LogP contribution in [0.15, 0.2) is 36.9 Å². The third-order valence-electron chi connectivity index (χ3n) is 5.42. The van der Waals surface area contributed by atoms with E-state index < -0.39 is 5.41 Å². The Bertz CT molecular complexity index is 831. The number of nitrogens with one attached hydrogen (secondary N) is 1. The molecule has 2 aromatic heterocycles. The fourth-order valence-corrected chi connectivity index (χ4v) is 3.45. The molecule has 3 heterocycles. The van der Waals surface area contributed by atoms with Gasteiger partial charge in [-0.1, -0.05) is 6.07 Å². The number of rotatable bonds is 8. The predicted molar refractivity (Wildman–Crippen MR) is 122 cm³/mol. The maximum Gasteiger partial charge on any atom is 0.330 e. The second kappa shape index (κ2) is 10.5. The first kappa shape index (κ1) is 22.9. The van der Waals surface area contributed by atoms with E-state index in [9.17, 15) is 4.79 Å². The molecule has 0 aromatic carbocycles. The molecule has 0 aliphatic carbocycles. The molecule has 0 atom stereocenters. The predicted octanol–water partition coefficient (Wildman–Crippen LogP) is 3.18. The Morgan fingerprint density at radius 1 is 1.29 bits per heavy atom. The van der Waals surface area contributed by atoms with Crippen LogP contribution in [0.4, 0.5) is 11.6 Å². The molecule has 1 fully saturated rings. The number of hydrogen-bond donors (Lipinski definition) is 1. The van der Waals surface area contributed by atoms with Gasteiger partial charge < -0.3 is 15.1 Å². The second-order valence-corrected chi connectivity index (χ2v) is 9.18. The minimum absolute atomic E-state index is 0.174. The number of nitrogens with zero attached hydrogens (tertiary/aromatic N) is 5. The number of hydroxylamine groups is 2. The van der Waals surface area contributed by atoms with Crippen molar-refractivity contribution < 1.29 is 9.63 Å². The molecule has 0 unspecified atom stereocenters. The highest BCUT2D eigenvalue weighted by atomic mass is 16.7. The van der Waals surface area contributed by atoms with Gasteiger partial charge in [-0.2, -0.15) is 0 Å². The minimum atomic E-state index is -0.478. The summed E-state index contributed by atoms with van der Waals surface area (Å²) >= 11 is 0. The Balaban J connectivity index is 1.44. The summed E-state index contributed by atoms with van der Waals surface area (Å²) in [6.07, 6.45) is 8.14. The van der Waals surface area contributed by atoms with Gasteiger partial charge in [0.2, 0.25) is 0 Å². The molecule has 168 valence electrons. The molecule has 0 spiro atoms. The fraction of sp³-hybridized carbons (Fsp3) is 0.565. The summed E-state index contributed by atoms with van der Waals surface area (Å²) in [7, 11) is 2.06. The molecule has 1 N–H and O–H groups in total. The van der Waals surface area contributed by atoms with Crippen LogP contribution in [0.1, 0.15) is 39.2 Å². The van der Waals surface area contributed by atoms with Crippen molar-refractivity contribution in [3.8, 4) is 0 Å². The zero-order valence-corrected chi connectivity index (χ0v) is 19.0. The third kappa shape index (κ3) is 7.17. The summed E-state index contributed by atoms with van der Waals surface area (Å²) in [4.78, 5) is 32.7. The van der Waals surface area contributed by atoms with Crippen molar-refractivity contribution in [2.45, 2.75) is 40.0 Å². The Hall–Kier alpha value is -2.74. The lowest BCUT2D eigenvalue weighted by molar-refractivity contribution is -0.205. The van der Waals surface area contributed by atoms with Crippen LogP contribution in [0, 0.1) is 11.3 Å². The zero-order valence-electron chi connectivity index (χ0n) is 19.0. The topological polar surface area (TPSA) is 83.5 Å². The summed E-state index contributed by atoms with van der Waals surface area (Å²) in [5.41, 5.74) is 0.717. The van der Waals surface area contributed by atoms with Gasteiger partial charge in [-0.15, -0.1) is 5.06 Å². The average molecular weight is 427 g/mol. The molecule has 3 rings (SSSR count). The lowest BCUT2D eigenvalue weighted by Gasteiger charge is -2.34. The van der Waals surface area contributed by atoms with E-state index in [0.29, 0.717) is 5.92 Å². The van der Waals surface area contributed by atoms with Gasteiger partial charge in [-0.25, -0.2) is 14.8 Å². The van der Waals surface area contributed by atoms with E-state index in [-0.39, 0.29) is 5.97 Å². The number of piperidine rings is 1. The standard InChI is InChI=1S/C23H34N6O2/c1-23(2,3)22(30)31-29-12-8-19(9-13-29)16-28(4)21-14-20(26-17-27-21)25-11-7-18-6-5-10-24-15-18/h5-6,10,14-15,17,19H,7-9,11-13,16H2,1-4H3,(H,25,26,27). The highest BCUT2D eigenvalue weighted by Gasteiger charge is 2.28. The van der Waals surface area contributed by atoms with E-state index in [1.807, 2.05) is 39.1 Å². The number of hydrogen-bond acceptors (Lipinski definition) is 8. The molecule has 1 saturated heterocycles. The Labute approximate surface area is 185 Å². The number of anilines is 2. The lowest BCUT2D eigenvalue weighted by atomic mass is 9.97. The van der Waals surface area contributed by atoms with E-state index in [1.54, 1.807) is 17.6 Å². The van der Waals surface area contributed by atoms with E-state index in [1.165, 1.54) is 5.56 Å². The summed E-state index contributed by atoms with van der Waals surface area (Å²) in [5.74, 6) is 2.09. The fourth-order valence-electron chi connectivity index (χ4n) is 3.45. The van der Waals surface area contributed by atoms with Crippen molar-refractivity contribution >= 4 is 17.6 Å². The van der Waals surface area contributed by atoms with Gasteiger partial charge in [0.1, 0.15) is 18.0 Å². The van der Waals surface area contributed by atoms with Gasteiger partial charge in [-0.3, -0.25) is 4.98 Å². The zero-order chi connectivity index (χ0) is 22.3. The quantitative estimate of drug-likeness (QED) is 0.689. The van der Waals surface area contributed by atoms with Crippen LogP contribution in [-0.2, 0) is 16.1 Å². The maximum absolute atomic E-state index is 12.1. The van der Waals surface area contributed by atoms with E-state index >= 15 is 0 Å². The van der Waals surface area contributed by atoms with Crippen LogP contribution in [-0.4, -0.2) is 59.2 Å². The highest BCUT2D eigenvalue weighted by molar-refractivity contribution is 5.75. The van der Waals surface area contributed by atoms with Crippen LogP contribution < -0.4 is 10.2 Å². The van der Waals surface area contributed by atoms with Crippen molar-refractivity contribution in [2.24, 2.45) is 11.3 Å². The molecule has 31 heavy (non-hydrogen) atoms. The van der Waals surface area contributed by atoms with Crippen molar-refractivity contribution in [1.82, 2.24) is 20.0 Å². The molecule has 0 saturated carbocycles. The molecule has 2 aromatic rings. The molecule has 1 aliphatic heterocycles. The molecule has 0 amide bonds. The smallest absolute Gasteiger partial charge is 0.330 e. The van der Waals surface area contributed by atoms with Crippen LogP contribution >= 0.6 is 0 Å². The van der Waals surface area contributed by atoms with Crippen molar-refractivity contribution in [3.63, 3.8) is 0 Å². The molecule has 0 radical (unpaired) electrons.